The summed E-state index contributed by atoms with van der Waals surface area (Å²) < 4.78 is 61.3. The van der Waals surface area contributed by atoms with Gasteiger partial charge in [-0.05, 0) is 76.8 Å². The molecule has 0 heterocycles. The van der Waals surface area contributed by atoms with E-state index >= 15 is 8.78 Å². The van der Waals surface area contributed by atoms with Crippen molar-refractivity contribution in [1.29, 1.82) is 0 Å². The number of rotatable bonds is 4. The minimum Gasteiger partial charge on any atom is -0.252 e. The number of allylic oxidation sites excluding steroid dienone is 3. The summed E-state index contributed by atoms with van der Waals surface area (Å²) in [5.41, 5.74) is -0.298. The SMILES string of the molecule is CC1=CCC(C23CCC(OS(=O)(=O)c4ccc(C)cc4)(CC2)C(F)=C3F)CC1. The molecular weight excluding hydrogens is 382 g/mol. The number of aryl methyl sites for hydroxylation is 1. The van der Waals surface area contributed by atoms with Crippen LogP contribution in [0.4, 0.5) is 8.78 Å². The van der Waals surface area contributed by atoms with Gasteiger partial charge in [0, 0.05) is 5.41 Å². The van der Waals surface area contributed by atoms with E-state index in [-0.39, 0.29) is 23.7 Å². The fourth-order valence-corrected chi connectivity index (χ4v) is 6.32. The summed E-state index contributed by atoms with van der Waals surface area (Å²) in [6.07, 6.45) is 5.86. The molecule has 1 aromatic rings. The Hall–Kier alpha value is -1.53. The molecule has 0 spiro atoms. The van der Waals surface area contributed by atoms with Crippen LogP contribution in [-0.4, -0.2) is 14.0 Å². The second kappa shape index (κ2) is 6.77. The van der Waals surface area contributed by atoms with Gasteiger partial charge in [-0.2, -0.15) is 8.42 Å². The molecule has 0 aliphatic heterocycles. The van der Waals surface area contributed by atoms with Gasteiger partial charge in [-0.1, -0.05) is 29.3 Å². The van der Waals surface area contributed by atoms with Crippen molar-refractivity contribution in [3.05, 3.63) is 53.1 Å². The highest BCUT2D eigenvalue weighted by molar-refractivity contribution is 7.86. The van der Waals surface area contributed by atoms with Crippen molar-refractivity contribution >= 4 is 10.1 Å². The Balaban J connectivity index is 1.65. The van der Waals surface area contributed by atoms with Crippen LogP contribution in [0.25, 0.3) is 0 Å². The third-order valence-corrected chi connectivity index (χ3v) is 8.37. The molecule has 1 fully saturated rings. The first kappa shape index (κ1) is 19.8. The highest BCUT2D eigenvalue weighted by Crippen LogP contribution is 2.63. The third kappa shape index (κ3) is 3.05. The quantitative estimate of drug-likeness (QED) is 0.459. The van der Waals surface area contributed by atoms with Crippen LogP contribution in [-0.2, 0) is 14.3 Å². The van der Waals surface area contributed by atoms with E-state index in [9.17, 15) is 8.42 Å². The van der Waals surface area contributed by atoms with Gasteiger partial charge in [-0.25, -0.2) is 8.78 Å². The van der Waals surface area contributed by atoms with Crippen LogP contribution >= 0.6 is 0 Å². The molecule has 4 aliphatic rings. The molecule has 6 heteroatoms. The van der Waals surface area contributed by atoms with Crippen LogP contribution in [0.3, 0.4) is 0 Å². The first-order chi connectivity index (χ1) is 13.2. The van der Waals surface area contributed by atoms with E-state index in [1.54, 1.807) is 12.1 Å². The lowest BCUT2D eigenvalue weighted by atomic mass is 9.55. The Bertz CT molecular complexity index is 936. The zero-order chi connectivity index (χ0) is 20.2. The lowest BCUT2D eigenvalue weighted by molar-refractivity contribution is -0.0492. The number of benzene rings is 1. The van der Waals surface area contributed by atoms with Gasteiger partial charge in [0.15, 0.2) is 5.83 Å². The molecule has 0 radical (unpaired) electrons. The van der Waals surface area contributed by atoms with Crippen molar-refractivity contribution in [2.75, 3.05) is 0 Å². The first-order valence-electron chi connectivity index (χ1n) is 9.93. The number of hydrogen-bond acceptors (Lipinski definition) is 3. The summed E-state index contributed by atoms with van der Waals surface area (Å²) in [5, 5.41) is 0. The second-order valence-electron chi connectivity index (χ2n) is 8.65. The summed E-state index contributed by atoms with van der Waals surface area (Å²) in [6.45, 7) is 3.91. The Kier molecular flexibility index (Phi) is 4.78. The highest BCUT2D eigenvalue weighted by Gasteiger charge is 2.60. The third-order valence-electron chi connectivity index (χ3n) is 6.98. The normalized spacial score (nSPS) is 33.1. The van der Waals surface area contributed by atoms with Crippen molar-refractivity contribution in [3.8, 4) is 0 Å². The molecule has 1 unspecified atom stereocenters. The summed E-state index contributed by atoms with van der Waals surface area (Å²) in [6, 6.07) is 6.19. The summed E-state index contributed by atoms with van der Waals surface area (Å²) in [7, 11) is -4.18. The van der Waals surface area contributed by atoms with E-state index in [1.807, 2.05) is 6.92 Å². The van der Waals surface area contributed by atoms with Crippen LogP contribution in [0.1, 0.15) is 57.4 Å². The average Bonchev–Trinajstić information content (AvgIpc) is 2.67. The maximum absolute atomic E-state index is 15.3. The second-order valence-corrected chi connectivity index (χ2v) is 10.2. The van der Waals surface area contributed by atoms with E-state index in [2.05, 4.69) is 13.0 Å². The van der Waals surface area contributed by atoms with Gasteiger partial charge in [-0.3, -0.25) is 4.18 Å². The fourth-order valence-electron chi connectivity index (χ4n) is 5.10. The Morgan fingerprint density at radius 3 is 2.21 bits per heavy atom. The molecule has 152 valence electrons. The molecule has 5 rings (SSSR count). The van der Waals surface area contributed by atoms with Gasteiger partial charge in [0.25, 0.3) is 10.1 Å². The monoisotopic (exact) mass is 408 g/mol. The number of fused-ring (bicyclic) bond motifs is 2. The maximum Gasteiger partial charge on any atom is 0.297 e. The van der Waals surface area contributed by atoms with Crippen LogP contribution in [0.2, 0.25) is 0 Å². The van der Waals surface area contributed by atoms with Gasteiger partial charge in [0.2, 0.25) is 0 Å². The van der Waals surface area contributed by atoms with E-state index < -0.39 is 32.8 Å². The van der Waals surface area contributed by atoms with E-state index in [0.29, 0.717) is 12.8 Å². The molecular formula is C22H26F2O3S. The minimum atomic E-state index is -4.18. The predicted molar refractivity (Wildman–Crippen MR) is 103 cm³/mol. The van der Waals surface area contributed by atoms with Gasteiger partial charge < -0.3 is 0 Å². The molecule has 0 aromatic heterocycles. The van der Waals surface area contributed by atoms with E-state index in [0.717, 1.165) is 24.8 Å². The van der Waals surface area contributed by atoms with Crippen LogP contribution in [0, 0.1) is 18.3 Å². The van der Waals surface area contributed by atoms with E-state index in [4.69, 9.17) is 4.18 Å². The fraction of sp³-hybridized carbons (Fsp3) is 0.545. The van der Waals surface area contributed by atoms with Crippen molar-refractivity contribution < 1.29 is 21.4 Å². The molecule has 0 amide bonds. The van der Waals surface area contributed by atoms with Crippen molar-refractivity contribution in [1.82, 2.24) is 0 Å². The molecule has 4 aliphatic carbocycles. The summed E-state index contributed by atoms with van der Waals surface area (Å²) in [4.78, 5) is -0.0315. The smallest absolute Gasteiger partial charge is 0.252 e. The average molecular weight is 409 g/mol. The molecule has 1 saturated carbocycles. The molecule has 0 N–H and O–H groups in total. The maximum atomic E-state index is 15.3. The van der Waals surface area contributed by atoms with Crippen molar-refractivity contribution in [2.24, 2.45) is 11.3 Å². The van der Waals surface area contributed by atoms with Gasteiger partial charge >= 0.3 is 0 Å². The molecule has 3 nitrogen and oxygen atoms in total. The van der Waals surface area contributed by atoms with Gasteiger partial charge in [0.1, 0.15) is 11.4 Å². The lowest BCUT2D eigenvalue weighted by Gasteiger charge is -2.53. The first-order valence-corrected chi connectivity index (χ1v) is 11.3. The van der Waals surface area contributed by atoms with Crippen LogP contribution in [0.15, 0.2) is 52.5 Å². The summed E-state index contributed by atoms with van der Waals surface area (Å²) in [5.74, 6) is -1.72. The van der Waals surface area contributed by atoms with Gasteiger partial charge in [0.05, 0.1) is 4.90 Å². The van der Waals surface area contributed by atoms with Crippen molar-refractivity contribution in [2.45, 2.75) is 69.3 Å². The zero-order valence-electron chi connectivity index (χ0n) is 16.3. The lowest BCUT2D eigenvalue weighted by Crippen LogP contribution is -2.51. The number of halogens is 2. The largest absolute Gasteiger partial charge is 0.297 e. The zero-order valence-corrected chi connectivity index (χ0v) is 17.1. The predicted octanol–water partition coefficient (Wildman–Crippen LogP) is 5.91. The Labute approximate surface area is 165 Å². The molecule has 1 atom stereocenters. The van der Waals surface area contributed by atoms with Crippen LogP contribution in [0.5, 0.6) is 0 Å². The highest BCUT2D eigenvalue weighted by atomic mass is 32.2. The van der Waals surface area contributed by atoms with E-state index in [1.165, 1.54) is 17.7 Å². The Morgan fingerprint density at radius 2 is 1.64 bits per heavy atom. The topological polar surface area (TPSA) is 43.4 Å². The Morgan fingerprint density at radius 1 is 1.00 bits per heavy atom. The molecule has 2 bridgehead atoms. The molecule has 28 heavy (non-hydrogen) atoms. The van der Waals surface area contributed by atoms with Crippen LogP contribution < -0.4 is 0 Å². The van der Waals surface area contributed by atoms with Crippen molar-refractivity contribution in [3.63, 3.8) is 0 Å². The molecule has 1 aromatic carbocycles. The molecule has 0 saturated heterocycles. The van der Waals surface area contributed by atoms with Gasteiger partial charge in [-0.15, -0.1) is 0 Å². The standard InChI is InChI=1S/C22H26F2O3S/c1-15-3-7-17(8-4-15)21-11-13-22(14-12-21,20(24)19(21)23)27-28(25,26)18-9-5-16(2)6-10-18/h3,5-6,9-10,17H,4,7-8,11-14H2,1-2H3. The summed E-state index contributed by atoms with van der Waals surface area (Å²) >= 11 is 0. The number of hydrogen-bond donors (Lipinski definition) is 0. The minimum absolute atomic E-state index is 0.0315.